The highest BCUT2D eigenvalue weighted by atomic mass is 19.4. The van der Waals surface area contributed by atoms with Gasteiger partial charge in [-0.3, -0.25) is 0 Å². The van der Waals surface area contributed by atoms with E-state index < -0.39 is 12.0 Å². The second-order valence-electron chi connectivity index (χ2n) is 5.02. The predicted molar refractivity (Wildman–Crippen MR) is 71.7 cm³/mol. The molecule has 1 aliphatic rings. The van der Waals surface area contributed by atoms with Gasteiger partial charge in [-0.1, -0.05) is 12.1 Å². The van der Waals surface area contributed by atoms with Gasteiger partial charge in [0, 0.05) is 13.1 Å². The SMILES string of the molecule is Cc1cccc(N2CCn3c(nnc3C(F)(F)F)C2)c1N. The van der Waals surface area contributed by atoms with Crippen molar-refractivity contribution in [2.75, 3.05) is 17.2 Å². The molecule has 0 fully saturated rings. The Morgan fingerprint density at radius 2 is 1.95 bits per heavy atom. The molecule has 1 aromatic heterocycles. The number of halogens is 3. The summed E-state index contributed by atoms with van der Waals surface area (Å²) in [6.07, 6.45) is -4.48. The molecule has 0 unspecified atom stereocenters. The van der Waals surface area contributed by atoms with E-state index in [1.807, 2.05) is 30.0 Å². The van der Waals surface area contributed by atoms with Gasteiger partial charge in [0.2, 0.25) is 5.82 Å². The van der Waals surface area contributed by atoms with Gasteiger partial charge in [0.15, 0.2) is 5.82 Å². The number of rotatable bonds is 1. The van der Waals surface area contributed by atoms with Crippen LogP contribution >= 0.6 is 0 Å². The van der Waals surface area contributed by atoms with Gasteiger partial charge in [-0.05, 0) is 18.6 Å². The fourth-order valence-corrected chi connectivity index (χ4v) is 2.51. The zero-order chi connectivity index (χ0) is 15.2. The van der Waals surface area contributed by atoms with Gasteiger partial charge in [0.25, 0.3) is 0 Å². The molecule has 0 aliphatic carbocycles. The molecule has 2 aromatic rings. The van der Waals surface area contributed by atoms with Crippen LogP contribution < -0.4 is 10.6 Å². The van der Waals surface area contributed by atoms with Crippen LogP contribution in [0.4, 0.5) is 24.5 Å². The van der Waals surface area contributed by atoms with Crippen molar-refractivity contribution >= 4 is 11.4 Å². The van der Waals surface area contributed by atoms with E-state index in [0.717, 1.165) is 15.8 Å². The Bertz CT molecular complexity index is 677. The zero-order valence-corrected chi connectivity index (χ0v) is 11.4. The van der Waals surface area contributed by atoms with Crippen molar-refractivity contribution in [3.8, 4) is 0 Å². The molecule has 0 spiro atoms. The van der Waals surface area contributed by atoms with Crippen molar-refractivity contribution in [2.24, 2.45) is 0 Å². The molecule has 1 aromatic carbocycles. The van der Waals surface area contributed by atoms with Crippen LogP contribution in [0.3, 0.4) is 0 Å². The normalized spacial score (nSPS) is 15.1. The maximum absolute atomic E-state index is 12.8. The molecule has 2 heterocycles. The first-order valence-electron chi connectivity index (χ1n) is 6.47. The molecule has 0 bridgehead atoms. The number of aromatic nitrogens is 3. The second-order valence-corrected chi connectivity index (χ2v) is 5.02. The Morgan fingerprint density at radius 3 is 2.67 bits per heavy atom. The number of aryl methyl sites for hydroxylation is 1. The standard InChI is InChI=1S/C13H14F3N5/c1-8-3-2-4-9(11(8)17)20-5-6-21-10(7-20)18-19-12(21)13(14,15)16/h2-4H,5-7,17H2,1H3. The van der Waals surface area contributed by atoms with Gasteiger partial charge >= 0.3 is 6.18 Å². The van der Waals surface area contributed by atoms with E-state index in [1.54, 1.807) is 0 Å². The van der Waals surface area contributed by atoms with Crippen LogP contribution in [0.5, 0.6) is 0 Å². The Morgan fingerprint density at radius 1 is 1.19 bits per heavy atom. The van der Waals surface area contributed by atoms with Crippen LogP contribution in [-0.4, -0.2) is 21.3 Å². The molecule has 21 heavy (non-hydrogen) atoms. The molecule has 0 saturated heterocycles. The lowest BCUT2D eigenvalue weighted by molar-refractivity contribution is -0.147. The molecule has 0 radical (unpaired) electrons. The minimum atomic E-state index is -4.48. The predicted octanol–water partition coefficient (Wildman–Crippen LogP) is 2.21. The summed E-state index contributed by atoms with van der Waals surface area (Å²) in [5.41, 5.74) is 8.44. The molecule has 8 heteroatoms. The van der Waals surface area contributed by atoms with Crippen molar-refractivity contribution in [1.29, 1.82) is 0 Å². The van der Waals surface area contributed by atoms with Gasteiger partial charge in [0.1, 0.15) is 0 Å². The van der Waals surface area contributed by atoms with Crippen molar-refractivity contribution in [2.45, 2.75) is 26.2 Å². The lowest BCUT2D eigenvalue weighted by Gasteiger charge is -2.31. The largest absolute Gasteiger partial charge is 0.451 e. The average Bonchev–Trinajstić information content (AvgIpc) is 2.84. The van der Waals surface area contributed by atoms with Crippen molar-refractivity contribution < 1.29 is 13.2 Å². The van der Waals surface area contributed by atoms with Crippen molar-refractivity contribution in [3.63, 3.8) is 0 Å². The van der Waals surface area contributed by atoms with E-state index >= 15 is 0 Å². The van der Waals surface area contributed by atoms with Crippen LogP contribution in [0, 0.1) is 6.92 Å². The number of nitrogens with two attached hydrogens (primary N) is 1. The van der Waals surface area contributed by atoms with Gasteiger partial charge in [-0.15, -0.1) is 10.2 Å². The van der Waals surface area contributed by atoms with Crippen LogP contribution in [-0.2, 0) is 19.3 Å². The molecular formula is C13H14F3N5. The molecule has 5 nitrogen and oxygen atoms in total. The van der Waals surface area contributed by atoms with Gasteiger partial charge in [0.05, 0.1) is 17.9 Å². The Labute approximate surface area is 119 Å². The topological polar surface area (TPSA) is 60.0 Å². The minimum absolute atomic E-state index is 0.185. The summed E-state index contributed by atoms with van der Waals surface area (Å²) in [4.78, 5) is 1.92. The summed E-state index contributed by atoms with van der Waals surface area (Å²) in [7, 11) is 0. The second kappa shape index (κ2) is 4.64. The van der Waals surface area contributed by atoms with E-state index in [2.05, 4.69) is 10.2 Å². The molecule has 0 saturated carbocycles. The summed E-state index contributed by atoms with van der Waals surface area (Å²) in [5, 5.41) is 6.93. The third-order valence-electron chi connectivity index (χ3n) is 3.65. The summed E-state index contributed by atoms with van der Waals surface area (Å²) < 4.78 is 39.5. The van der Waals surface area contributed by atoms with Gasteiger partial charge < -0.3 is 15.2 Å². The monoisotopic (exact) mass is 297 g/mol. The zero-order valence-electron chi connectivity index (χ0n) is 11.4. The number of fused-ring (bicyclic) bond motifs is 1. The number of benzene rings is 1. The van der Waals surface area contributed by atoms with Gasteiger partial charge in [-0.25, -0.2) is 0 Å². The summed E-state index contributed by atoms with van der Waals surface area (Å²) >= 11 is 0. The van der Waals surface area contributed by atoms with Crippen LogP contribution in [0.25, 0.3) is 0 Å². The molecule has 1 aliphatic heterocycles. The molecule has 112 valence electrons. The van der Waals surface area contributed by atoms with Crippen LogP contribution in [0.2, 0.25) is 0 Å². The maximum Gasteiger partial charge on any atom is 0.451 e. The van der Waals surface area contributed by atoms with E-state index in [0.29, 0.717) is 18.1 Å². The van der Waals surface area contributed by atoms with E-state index in [9.17, 15) is 13.2 Å². The molecular weight excluding hydrogens is 283 g/mol. The average molecular weight is 297 g/mol. The Hall–Kier alpha value is -2.25. The van der Waals surface area contributed by atoms with Gasteiger partial charge in [-0.2, -0.15) is 13.2 Å². The molecule has 2 N–H and O–H groups in total. The number of hydrogen-bond donors (Lipinski definition) is 1. The highest BCUT2D eigenvalue weighted by Crippen LogP contribution is 2.32. The highest BCUT2D eigenvalue weighted by Gasteiger charge is 2.39. The first kappa shape index (κ1) is 13.7. The number of nitrogen functional groups attached to an aromatic ring is 1. The highest BCUT2D eigenvalue weighted by molar-refractivity contribution is 5.71. The molecule has 0 amide bonds. The van der Waals surface area contributed by atoms with Crippen molar-refractivity contribution in [3.05, 3.63) is 35.4 Å². The number of hydrogen-bond acceptors (Lipinski definition) is 4. The van der Waals surface area contributed by atoms with E-state index in [-0.39, 0.29) is 13.1 Å². The molecule has 0 atom stereocenters. The Balaban J connectivity index is 1.92. The maximum atomic E-state index is 12.8. The van der Waals surface area contributed by atoms with E-state index in [4.69, 9.17) is 5.73 Å². The van der Waals surface area contributed by atoms with Crippen LogP contribution in [0.15, 0.2) is 18.2 Å². The fourth-order valence-electron chi connectivity index (χ4n) is 2.51. The summed E-state index contributed by atoms with van der Waals surface area (Å²) in [6, 6.07) is 5.63. The lowest BCUT2D eigenvalue weighted by Crippen LogP contribution is -2.35. The third kappa shape index (κ3) is 2.30. The number of anilines is 2. The van der Waals surface area contributed by atoms with Crippen LogP contribution in [0.1, 0.15) is 17.2 Å². The summed E-state index contributed by atoms with van der Waals surface area (Å²) in [6.45, 7) is 2.77. The number of para-hydroxylation sites is 1. The molecule has 3 rings (SSSR count). The first-order chi connectivity index (χ1) is 9.88. The van der Waals surface area contributed by atoms with E-state index in [1.165, 1.54) is 0 Å². The fraction of sp³-hybridized carbons (Fsp3) is 0.385. The van der Waals surface area contributed by atoms with Crippen molar-refractivity contribution in [1.82, 2.24) is 14.8 Å². The smallest absolute Gasteiger partial charge is 0.397 e. The Kier molecular flexibility index (Phi) is 3.03. The minimum Gasteiger partial charge on any atom is -0.397 e. The lowest BCUT2D eigenvalue weighted by atomic mass is 10.1. The number of alkyl halides is 3. The quantitative estimate of drug-likeness (QED) is 0.820. The summed E-state index contributed by atoms with van der Waals surface area (Å²) in [5.74, 6) is -0.635. The number of nitrogens with zero attached hydrogens (tertiary/aromatic N) is 4. The first-order valence-corrected chi connectivity index (χ1v) is 6.47. The third-order valence-corrected chi connectivity index (χ3v) is 3.65.